The highest BCUT2D eigenvalue weighted by atomic mass is 16.6. The first-order chi connectivity index (χ1) is 11.7. The number of ether oxygens (including phenoxy) is 1. The molecule has 1 aromatic carbocycles. The summed E-state index contributed by atoms with van der Waals surface area (Å²) in [4.78, 5) is 14.5. The van der Waals surface area contributed by atoms with Gasteiger partial charge >= 0.3 is 6.09 Å². The van der Waals surface area contributed by atoms with E-state index in [1.54, 1.807) is 0 Å². The molecule has 1 aromatic rings. The van der Waals surface area contributed by atoms with Crippen molar-refractivity contribution in [1.29, 1.82) is 0 Å². The van der Waals surface area contributed by atoms with Gasteiger partial charge in [-0.3, -0.25) is 4.90 Å². The highest BCUT2D eigenvalue weighted by Gasteiger charge is 2.21. The minimum absolute atomic E-state index is 0.277. The topological polar surface area (TPSA) is 41.6 Å². The molecule has 1 aliphatic heterocycles. The molecular weight excluding hydrogens is 300 g/mol. The van der Waals surface area contributed by atoms with Crippen molar-refractivity contribution in [1.82, 2.24) is 10.2 Å². The zero-order valence-electron chi connectivity index (χ0n) is 15.2. The largest absolute Gasteiger partial charge is 0.412 e. The molecule has 0 aliphatic carbocycles. The molecule has 24 heavy (non-hydrogen) atoms. The van der Waals surface area contributed by atoms with Crippen LogP contribution in [0.5, 0.6) is 5.75 Å². The molecule has 1 heterocycles. The van der Waals surface area contributed by atoms with E-state index in [-0.39, 0.29) is 12.1 Å². The lowest BCUT2D eigenvalue weighted by molar-refractivity contribution is 0.170. The Bertz CT molecular complexity index is 498. The summed E-state index contributed by atoms with van der Waals surface area (Å²) in [5.41, 5.74) is 1.10. The van der Waals surface area contributed by atoms with E-state index < -0.39 is 0 Å². The first kappa shape index (κ1) is 18.8. The van der Waals surface area contributed by atoms with Gasteiger partial charge in [-0.2, -0.15) is 0 Å². The zero-order chi connectivity index (χ0) is 17.2. The van der Waals surface area contributed by atoms with Gasteiger partial charge in [-0.1, -0.05) is 50.8 Å². The summed E-state index contributed by atoms with van der Waals surface area (Å²) in [6, 6.07) is 8.19. The number of carbonyl (C=O) groups excluding carboxylic acids is 1. The molecule has 4 nitrogen and oxygen atoms in total. The zero-order valence-corrected chi connectivity index (χ0v) is 15.2. The van der Waals surface area contributed by atoms with Gasteiger partial charge in [-0.15, -0.1) is 0 Å². The number of benzene rings is 1. The van der Waals surface area contributed by atoms with Crippen LogP contribution >= 0.6 is 0 Å². The Morgan fingerprint density at radius 2 is 1.92 bits per heavy atom. The third kappa shape index (κ3) is 5.82. The second kappa shape index (κ2) is 10.3. The van der Waals surface area contributed by atoms with Crippen LogP contribution in [0, 0.1) is 0 Å². The van der Waals surface area contributed by atoms with E-state index in [2.05, 4.69) is 30.1 Å². The monoisotopic (exact) mass is 332 g/mol. The van der Waals surface area contributed by atoms with Crippen LogP contribution in [0.4, 0.5) is 4.79 Å². The van der Waals surface area contributed by atoms with Crippen LogP contribution in [0.3, 0.4) is 0 Å². The molecule has 1 aliphatic rings. The summed E-state index contributed by atoms with van der Waals surface area (Å²) in [5.74, 6) is 0.682. The smallest absolute Gasteiger partial charge is 0.410 e. The number of unbranched alkanes of at least 4 members (excludes halogenated alkanes) is 3. The summed E-state index contributed by atoms with van der Waals surface area (Å²) in [6.07, 6.45) is 8.07. The first-order valence-electron chi connectivity index (χ1n) is 9.51. The number of piperidine rings is 1. The Labute approximate surface area is 146 Å². The predicted octanol–water partition coefficient (Wildman–Crippen LogP) is 4.90. The van der Waals surface area contributed by atoms with Gasteiger partial charge in [0, 0.05) is 18.2 Å². The molecule has 1 amide bonds. The SMILES string of the molecule is CCCCCCNC(=O)Oc1ccccc1C(C)N1CCCCC1. The molecule has 1 fully saturated rings. The third-order valence-corrected chi connectivity index (χ3v) is 4.81. The van der Waals surface area contributed by atoms with E-state index in [1.807, 2.05) is 18.2 Å². The maximum Gasteiger partial charge on any atom is 0.412 e. The molecule has 0 bridgehead atoms. The van der Waals surface area contributed by atoms with Crippen LogP contribution in [-0.4, -0.2) is 30.6 Å². The normalized spacial score (nSPS) is 16.6. The molecule has 1 saturated heterocycles. The van der Waals surface area contributed by atoms with Crippen LogP contribution in [-0.2, 0) is 0 Å². The minimum Gasteiger partial charge on any atom is -0.410 e. The Kier molecular flexibility index (Phi) is 8.10. The number of hydrogen-bond acceptors (Lipinski definition) is 3. The third-order valence-electron chi connectivity index (χ3n) is 4.81. The van der Waals surface area contributed by atoms with Crippen molar-refractivity contribution in [2.45, 2.75) is 64.8 Å². The van der Waals surface area contributed by atoms with E-state index in [4.69, 9.17) is 4.74 Å². The summed E-state index contributed by atoms with van der Waals surface area (Å²) in [7, 11) is 0. The fourth-order valence-corrected chi connectivity index (χ4v) is 3.30. The van der Waals surface area contributed by atoms with E-state index in [0.29, 0.717) is 12.3 Å². The molecule has 0 saturated carbocycles. The highest BCUT2D eigenvalue weighted by Crippen LogP contribution is 2.30. The summed E-state index contributed by atoms with van der Waals surface area (Å²) in [6.45, 7) is 7.32. The van der Waals surface area contributed by atoms with Crippen molar-refractivity contribution in [3.05, 3.63) is 29.8 Å². The van der Waals surface area contributed by atoms with E-state index in [1.165, 1.54) is 32.1 Å². The molecule has 4 heteroatoms. The average molecular weight is 332 g/mol. The van der Waals surface area contributed by atoms with Crippen LogP contribution in [0.1, 0.15) is 70.4 Å². The van der Waals surface area contributed by atoms with Gasteiger partial charge in [0.15, 0.2) is 0 Å². The number of hydrogen-bond donors (Lipinski definition) is 1. The second-order valence-corrected chi connectivity index (χ2v) is 6.69. The maximum absolute atomic E-state index is 12.0. The van der Waals surface area contributed by atoms with Gasteiger partial charge in [0.1, 0.15) is 5.75 Å². The van der Waals surface area contributed by atoms with Crippen molar-refractivity contribution >= 4 is 6.09 Å². The van der Waals surface area contributed by atoms with Gasteiger partial charge in [-0.05, 0) is 45.3 Å². The Balaban J connectivity index is 1.89. The molecule has 0 aromatic heterocycles. The van der Waals surface area contributed by atoms with Crippen molar-refractivity contribution in [2.24, 2.45) is 0 Å². The van der Waals surface area contributed by atoms with Gasteiger partial charge in [0.2, 0.25) is 0 Å². The summed E-state index contributed by atoms with van der Waals surface area (Å²) >= 11 is 0. The molecule has 134 valence electrons. The molecule has 1 atom stereocenters. The van der Waals surface area contributed by atoms with Crippen LogP contribution < -0.4 is 10.1 Å². The quantitative estimate of drug-likeness (QED) is 0.688. The number of nitrogens with zero attached hydrogens (tertiary/aromatic N) is 1. The predicted molar refractivity (Wildman–Crippen MR) is 98.4 cm³/mol. The molecule has 1 N–H and O–H groups in total. The fraction of sp³-hybridized carbons (Fsp3) is 0.650. The standard InChI is InChI=1S/C20H32N2O2/c1-3-4-5-9-14-21-20(23)24-19-13-8-7-12-18(19)17(2)22-15-10-6-11-16-22/h7-8,12-13,17H,3-6,9-11,14-16H2,1-2H3,(H,21,23). The summed E-state index contributed by atoms with van der Waals surface area (Å²) in [5, 5.41) is 2.86. The molecule has 0 radical (unpaired) electrons. The van der Waals surface area contributed by atoms with Crippen LogP contribution in [0.2, 0.25) is 0 Å². The number of likely N-dealkylation sites (tertiary alicyclic amines) is 1. The van der Waals surface area contributed by atoms with Gasteiger partial charge < -0.3 is 10.1 Å². The Hall–Kier alpha value is -1.55. The number of para-hydroxylation sites is 1. The highest BCUT2D eigenvalue weighted by molar-refractivity contribution is 5.70. The van der Waals surface area contributed by atoms with Crippen molar-refractivity contribution in [3.8, 4) is 5.75 Å². The molecule has 2 rings (SSSR count). The molecular formula is C20H32N2O2. The van der Waals surface area contributed by atoms with Crippen molar-refractivity contribution in [2.75, 3.05) is 19.6 Å². The van der Waals surface area contributed by atoms with E-state index in [9.17, 15) is 4.79 Å². The Morgan fingerprint density at radius 3 is 2.67 bits per heavy atom. The van der Waals surface area contributed by atoms with Crippen LogP contribution in [0.25, 0.3) is 0 Å². The lowest BCUT2D eigenvalue weighted by Gasteiger charge is -2.33. The van der Waals surface area contributed by atoms with Gasteiger partial charge in [0.05, 0.1) is 0 Å². The molecule has 0 spiro atoms. The summed E-state index contributed by atoms with van der Waals surface area (Å²) < 4.78 is 5.59. The van der Waals surface area contributed by atoms with E-state index in [0.717, 1.165) is 31.5 Å². The van der Waals surface area contributed by atoms with Gasteiger partial charge in [-0.25, -0.2) is 4.79 Å². The number of rotatable bonds is 8. The van der Waals surface area contributed by atoms with Crippen molar-refractivity contribution < 1.29 is 9.53 Å². The Morgan fingerprint density at radius 1 is 1.17 bits per heavy atom. The average Bonchev–Trinajstić information content (AvgIpc) is 2.62. The number of nitrogens with one attached hydrogen (secondary N) is 1. The van der Waals surface area contributed by atoms with E-state index >= 15 is 0 Å². The number of amides is 1. The fourth-order valence-electron chi connectivity index (χ4n) is 3.30. The molecule has 1 unspecified atom stereocenters. The lowest BCUT2D eigenvalue weighted by atomic mass is 10.0. The first-order valence-corrected chi connectivity index (χ1v) is 9.51. The van der Waals surface area contributed by atoms with Gasteiger partial charge in [0.25, 0.3) is 0 Å². The maximum atomic E-state index is 12.0. The van der Waals surface area contributed by atoms with Crippen molar-refractivity contribution in [3.63, 3.8) is 0 Å². The second-order valence-electron chi connectivity index (χ2n) is 6.69. The van der Waals surface area contributed by atoms with Crippen LogP contribution in [0.15, 0.2) is 24.3 Å². The lowest BCUT2D eigenvalue weighted by Crippen LogP contribution is -2.33. The minimum atomic E-state index is -0.343. The number of carbonyl (C=O) groups is 1.